The van der Waals surface area contributed by atoms with Gasteiger partial charge in [0.1, 0.15) is 5.41 Å². The monoisotopic (exact) mass is 247 g/mol. The van der Waals surface area contributed by atoms with Gasteiger partial charge in [0.15, 0.2) is 5.11 Å². The molecule has 1 atom stereocenters. The smallest absolute Gasteiger partial charge is 0.242 e. The SMILES string of the molecule is [2H]C([2H])([2H])C([2H])([2H])C1(C(C)CCC)C(=O)NC(=S)NC1=O. The number of carbonyl (C=O) groups excluding carboxylic acids is 2. The van der Waals surface area contributed by atoms with E-state index >= 15 is 0 Å². The van der Waals surface area contributed by atoms with Gasteiger partial charge in [0.2, 0.25) is 11.8 Å². The van der Waals surface area contributed by atoms with Gasteiger partial charge < -0.3 is 10.6 Å². The van der Waals surface area contributed by atoms with E-state index in [1.54, 1.807) is 6.92 Å². The Morgan fingerprint density at radius 2 is 2.06 bits per heavy atom. The van der Waals surface area contributed by atoms with Crippen LogP contribution in [0.2, 0.25) is 0 Å². The summed E-state index contributed by atoms with van der Waals surface area (Å²) in [5.41, 5.74) is -2.35. The van der Waals surface area contributed by atoms with Gasteiger partial charge in [-0.25, -0.2) is 0 Å². The number of amides is 2. The molecule has 0 aromatic carbocycles. The molecule has 0 spiro atoms. The number of rotatable bonds is 4. The zero-order chi connectivity index (χ0) is 16.6. The van der Waals surface area contributed by atoms with Gasteiger partial charge >= 0.3 is 0 Å². The summed E-state index contributed by atoms with van der Waals surface area (Å²) in [5.74, 6) is -2.81. The topological polar surface area (TPSA) is 58.2 Å². The van der Waals surface area contributed by atoms with Crippen molar-refractivity contribution in [3.8, 4) is 0 Å². The van der Waals surface area contributed by atoms with Crippen LogP contribution in [0.1, 0.15) is 46.8 Å². The van der Waals surface area contributed by atoms with Crippen LogP contribution in [0, 0.1) is 11.3 Å². The molecule has 2 N–H and O–H groups in total. The van der Waals surface area contributed by atoms with Crippen LogP contribution in [0.15, 0.2) is 0 Å². The number of nitrogens with one attached hydrogen (secondary N) is 2. The lowest BCUT2D eigenvalue weighted by Crippen LogP contribution is -2.64. The molecule has 1 aliphatic rings. The number of hydrogen-bond donors (Lipinski definition) is 2. The summed E-state index contributed by atoms with van der Waals surface area (Å²) in [6, 6.07) is 0. The van der Waals surface area contributed by atoms with Gasteiger partial charge in [0, 0.05) is 6.85 Å². The molecule has 4 nitrogen and oxygen atoms in total. The minimum Gasteiger partial charge on any atom is -0.302 e. The molecule has 0 bridgehead atoms. The second kappa shape index (κ2) is 4.91. The van der Waals surface area contributed by atoms with Crippen LogP contribution in [0.5, 0.6) is 0 Å². The molecule has 0 radical (unpaired) electrons. The maximum Gasteiger partial charge on any atom is 0.242 e. The number of hydrogen-bond acceptors (Lipinski definition) is 3. The van der Waals surface area contributed by atoms with Crippen molar-refractivity contribution in [2.24, 2.45) is 11.3 Å². The van der Waals surface area contributed by atoms with Gasteiger partial charge in [-0.05, 0) is 30.9 Å². The third kappa shape index (κ3) is 1.96. The molecule has 5 heteroatoms. The van der Waals surface area contributed by atoms with E-state index in [-0.39, 0.29) is 5.11 Å². The molecule has 1 rings (SSSR count). The van der Waals surface area contributed by atoms with E-state index in [9.17, 15) is 9.59 Å². The Balaban J connectivity index is 3.54. The van der Waals surface area contributed by atoms with Gasteiger partial charge in [-0.3, -0.25) is 9.59 Å². The lowest BCUT2D eigenvalue weighted by Gasteiger charge is -2.38. The largest absolute Gasteiger partial charge is 0.302 e. The summed E-state index contributed by atoms with van der Waals surface area (Å²) in [6.45, 7) is 0.168. The van der Waals surface area contributed by atoms with Crippen molar-refractivity contribution >= 4 is 29.1 Å². The highest BCUT2D eigenvalue weighted by atomic mass is 32.1. The van der Waals surface area contributed by atoms with Crippen LogP contribution in [0.25, 0.3) is 0 Å². The average Bonchev–Trinajstić information content (AvgIpc) is 2.26. The average molecular weight is 247 g/mol. The van der Waals surface area contributed by atoms with Gasteiger partial charge in [0.05, 0.1) is 0 Å². The highest BCUT2D eigenvalue weighted by Crippen LogP contribution is 2.36. The van der Waals surface area contributed by atoms with Gasteiger partial charge in [0.25, 0.3) is 0 Å². The molecule has 0 aromatic heterocycles. The van der Waals surface area contributed by atoms with Crippen LogP contribution >= 0.6 is 12.2 Å². The normalized spacial score (nSPS) is 27.6. The summed E-state index contributed by atoms with van der Waals surface area (Å²) < 4.78 is 38.2. The maximum atomic E-state index is 12.4. The van der Waals surface area contributed by atoms with E-state index < -0.39 is 36.4 Å². The van der Waals surface area contributed by atoms with Crippen molar-refractivity contribution in [3.63, 3.8) is 0 Å². The predicted molar refractivity (Wildman–Crippen MR) is 65.7 cm³/mol. The molecule has 0 aromatic rings. The van der Waals surface area contributed by atoms with E-state index in [0.717, 1.165) is 0 Å². The second-order valence-electron chi connectivity index (χ2n) is 3.86. The summed E-state index contributed by atoms with van der Waals surface area (Å²) in [7, 11) is 0. The number of thiocarbonyl (C=S) groups is 1. The first-order valence-corrected chi connectivity index (χ1v) is 5.50. The van der Waals surface area contributed by atoms with Crippen molar-refractivity contribution in [1.82, 2.24) is 10.6 Å². The van der Waals surface area contributed by atoms with Crippen LogP contribution in [-0.2, 0) is 9.59 Å². The first-order valence-electron chi connectivity index (χ1n) is 7.59. The molecule has 90 valence electrons. The highest BCUT2D eigenvalue weighted by Gasteiger charge is 2.51. The lowest BCUT2D eigenvalue weighted by molar-refractivity contribution is -0.147. The first kappa shape index (κ1) is 7.37. The van der Waals surface area contributed by atoms with Gasteiger partial charge in [-0.2, -0.15) is 0 Å². The molecule has 0 saturated carbocycles. The Hall–Kier alpha value is -0.970. The molecule has 0 aliphatic carbocycles. The summed E-state index contributed by atoms with van der Waals surface area (Å²) in [6.07, 6.45) is -2.13. The molecule has 1 aliphatic heterocycles. The predicted octanol–water partition coefficient (Wildman–Crippen LogP) is 1.35. The number of carbonyl (C=O) groups is 2. The van der Waals surface area contributed by atoms with E-state index in [1.807, 2.05) is 0 Å². The third-order valence-electron chi connectivity index (χ3n) is 2.83. The molecular formula is C11H18N2O2S. The standard InChI is InChI=1S/C11H18N2O2S/c1-4-6-7(3)11(5-2)8(14)12-10(16)13-9(11)15/h7H,4-6H2,1-3H3,(H2,12,13,14,15,16)/i2D3,5D2. The summed E-state index contributed by atoms with van der Waals surface area (Å²) >= 11 is 4.70. The quantitative estimate of drug-likeness (QED) is 0.582. The highest BCUT2D eigenvalue weighted by molar-refractivity contribution is 7.80. The Labute approximate surface area is 108 Å². The molecule has 2 amide bonds. The molecule has 1 saturated heterocycles. The van der Waals surface area contributed by atoms with Crippen LogP contribution in [-0.4, -0.2) is 16.9 Å². The van der Waals surface area contributed by atoms with Crippen LogP contribution in [0.3, 0.4) is 0 Å². The van der Waals surface area contributed by atoms with Crippen LogP contribution < -0.4 is 10.6 Å². The Morgan fingerprint density at radius 1 is 1.50 bits per heavy atom. The van der Waals surface area contributed by atoms with Crippen molar-refractivity contribution in [2.45, 2.75) is 39.9 Å². The zero-order valence-corrected chi connectivity index (χ0v) is 10.0. The molecule has 1 fully saturated rings. The fourth-order valence-electron chi connectivity index (χ4n) is 1.87. The van der Waals surface area contributed by atoms with Gasteiger partial charge in [-0.1, -0.05) is 27.1 Å². The minimum atomic E-state index is -3.14. The summed E-state index contributed by atoms with van der Waals surface area (Å²) in [4.78, 5) is 24.8. The fourth-order valence-corrected chi connectivity index (χ4v) is 2.06. The first-order chi connectivity index (χ1) is 9.42. The van der Waals surface area contributed by atoms with E-state index in [4.69, 9.17) is 19.1 Å². The van der Waals surface area contributed by atoms with E-state index in [1.165, 1.54) is 6.92 Å². The molecular weight excluding hydrogens is 224 g/mol. The third-order valence-corrected chi connectivity index (χ3v) is 3.03. The van der Waals surface area contributed by atoms with Crippen LogP contribution in [0.4, 0.5) is 0 Å². The second-order valence-corrected chi connectivity index (χ2v) is 4.27. The molecule has 1 heterocycles. The van der Waals surface area contributed by atoms with E-state index in [2.05, 4.69) is 10.6 Å². The van der Waals surface area contributed by atoms with E-state index in [0.29, 0.717) is 12.8 Å². The van der Waals surface area contributed by atoms with Crippen molar-refractivity contribution < 1.29 is 16.4 Å². The zero-order valence-electron chi connectivity index (χ0n) is 14.2. The van der Waals surface area contributed by atoms with Crippen molar-refractivity contribution in [1.29, 1.82) is 0 Å². The van der Waals surface area contributed by atoms with Gasteiger partial charge in [-0.15, -0.1) is 0 Å². The Kier molecular flexibility index (Phi) is 2.26. The minimum absolute atomic E-state index is 0.245. The fraction of sp³-hybridized carbons (Fsp3) is 0.727. The Bertz CT molecular complexity index is 458. The molecule has 16 heavy (non-hydrogen) atoms. The molecule has 1 unspecified atom stereocenters. The van der Waals surface area contributed by atoms with Crippen molar-refractivity contribution in [2.75, 3.05) is 0 Å². The maximum absolute atomic E-state index is 12.4. The Morgan fingerprint density at radius 3 is 2.50 bits per heavy atom. The van der Waals surface area contributed by atoms with Crippen molar-refractivity contribution in [3.05, 3.63) is 0 Å². The lowest BCUT2D eigenvalue weighted by atomic mass is 9.70. The summed E-state index contributed by atoms with van der Waals surface area (Å²) in [5, 5.41) is 4.13.